The first-order valence-corrected chi connectivity index (χ1v) is 9.30. The lowest BCUT2D eigenvalue weighted by Gasteiger charge is -2.10. The number of rotatable bonds is 5. The predicted octanol–water partition coefficient (Wildman–Crippen LogP) is 4.69. The van der Waals surface area contributed by atoms with Gasteiger partial charge >= 0.3 is 0 Å². The van der Waals surface area contributed by atoms with Gasteiger partial charge < -0.3 is 9.73 Å². The maximum atomic E-state index is 12.4. The molecule has 6 nitrogen and oxygen atoms in total. The van der Waals surface area contributed by atoms with Crippen LogP contribution in [0.2, 0.25) is 5.02 Å². The minimum Gasteiger partial charge on any atom is -0.411 e. The van der Waals surface area contributed by atoms with Gasteiger partial charge in [0.05, 0.1) is 15.8 Å². The fourth-order valence-corrected chi connectivity index (χ4v) is 3.22. The van der Waals surface area contributed by atoms with Gasteiger partial charge in [0.25, 0.3) is 5.22 Å². The third kappa shape index (κ3) is 4.48. The number of amides is 1. The van der Waals surface area contributed by atoms with Crippen LogP contribution in [0, 0.1) is 18.3 Å². The quantitative estimate of drug-likeness (QED) is 0.627. The lowest BCUT2D eigenvalue weighted by atomic mass is 10.1. The molecule has 0 bridgehead atoms. The van der Waals surface area contributed by atoms with Crippen LogP contribution in [0.5, 0.6) is 0 Å². The molecule has 8 heteroatoms. The number of nitrogens with one attached hydrogen (secondary N) is 1. The Morgan fingerprint density at radius 3 is 2.78 bits per heavy atom. The van der Waals surface area contributed by atoms with Crippen LogP contribution in [-0.4, -0.2) is 21.4 Å². The molecule has 0 spiro atoms. The van der Waals surface area contributed by atoms with E-state index in [0.717, 1.165) is 11.1 Å². The Balaban J connectivity index is 1.66. The Morgan fingerprint density at radius 2 is 2.07 bits per heavy atom. The van der Waals surface area contributed by atoms with Crippen molar-refractivity contribution >= 4 is 35.0 Å². The molecule has 0 aliphatic heterocycles. The van der Waals surface area contributed by atoms with Crippen molar-refractivity contribution in [3.8, 4) is 17.5 Å². The van der Waals surface area contributed by atoms with E-state index in [1.54, 1.807) is 25.1 Å². The van der Waals surface area contributed by atoms with Gasteiger partial charge in [-0.1, -0.05) is 41.6 Å². The van der Waals surface area contributed by atoms with Crippen LogP contribution in [0.4, 0.5) is 5.69 Å². The first-order valence-electron chi connectivity index (χ1n) is 8.04. The van der Waals surface area contributed by atoms with Crippen LogP contribution in [0.1, 0.15) is 18.1 Å². The molecular weight excluding hydrogens is 384 g/mol. The first kappa shape index (κ1) is 19.0. The summed E-state index contributed by atoms with van der Waals surface area (Å²) in [6.45, 7) is 3.70. The Hall–Kier alpha value is -2.82. The van der Waals surface area contributed by atoms with E-state index in [0.29, 0.717) is 22.4 Å². The molecule has 136 valence electrons. The van der Waals surface area contributed by atoms with Crippen molar-refractivity contribution in [2.45, 2.75) is 24.3 Å². The molecule has 1 aromatic heterocycles. The number of nitriles is 1. The maximum absolute atomic E-state index is 12.4. The summed E-state index contributed by atoms with van der Waals surface area (Å²) in [6.07, 6.45) is 0. The molecule has 0 saturated heterocycles. The number of thioether (sulfide) groups is 1. The number of carbonyl (C=O) groups is 1. The molecule has 2 aromatic carbocycles. The lowest BCUT2D eigenvalue weighted by Crippen LogP contribution is -2.22. The summed E-state index contributed by atoms with van der Waals surface area (Å²) in [6, 6.07) is 14.4. The molecule has 0 saturated carbocycles. The number of aromatic nitrogens is 2. The summed E-state index contributed by atoms with van der Waals surface area (Å²) in [4.78, 5) is 12.4. The highest BCUT2D eigenvalue weighted by Crippen LogP contribution is 2.28. The fourth-order valence-electron chi connectivity index (χ4n) is 2.31. The van der Waals surface area contributed by atoms with Gasteiger partial charge in [-0.25, -0.2) is 0 Å². The number of aryl methyl sites for hydroxylation is 1. The van der Waals surface area contributed by atoms with Crippen LogP contribution >= 0.6 is 23.4 Å². The van der Waals surface area contributed by atoms with Crippen molar-refractivity contribution in [1.82, 2.24) is 10.2 Å². The Morgan fingerprint density at radius 1 is 1.30 bits per heavy atom. The van der Waals surface area contributed by atoms with Crippen LogP contribution in [0.15, 0.2) is 52.1 Å². The zero-order chi connectivity index (χ0) is 19.4. The number of nitrogens with zero attached hydrogens (tertiary/aromatic N) is 3. The summed E-state index contributed by atoms with van der Waals surface area (Å²) in [5.74, 6) is 0.179. The van der Waals surface area contributed by atoms with Gasteiger partial charge in [-0.05, 0) is 43.7 Å². The first-order chi connectivity index (χ1) is 13.0. The number of carbonyl (C=O) groups excluding carboxylic acids is 1. The van der Waals surface area contributed by atoms with Gasteiger partial charge in [-0.2, -0.15) is 5.26 Å². The van der Waals surface area contributed by atoms with Gasteiger partial charge in [-0.15, -0.1) is 10.2 Å². The Kier molecular flexibility index (Phi) is 5.79. The zero-order valence-corrected chi connectivity index (χ0v) is 16.1. The van der Waals surface area contributed by atoms with Gasteiger partial charge in [-0.3, -0.25) is 4.79 Å². The summed E-state index contributed by atoms with van der Waals surface area (Å²) < 4.78 is 5.67. The number of benzene rings is 2. The normalized spacial score (nSPS) is 11.6. The molecule has 0 radical (unpaired) electrons. The Labute approximate surface area is 165 Å². The van der Waals surface area contributed by atoms with Crippen molar-refractivity contribution < 1.29 is 9.21 Å². The van der Waals surface area contributed by atoms with Crippen LogP contribution in [-0.2, 0) is 4.79 Å². The third-order valence-electron chi connectivity index (χ3n) is 3.79. The Bertz CT molecular complexity index is 1030. The van der Waals surface area contributed by atoms with E-state index in [1.165, 1.54) is 11.8 Å². The molecule has 3 rings (SSSR count). The third-order valence-corrected chi connectivity index (χ3v) is 5.03. The van der Waals surface area contributed by atoms with Gasteiger partial charge in [0, 0.05) is 11.3 Å². The van der Waals surface area contributed by atoms with E-state index in [2.05, 4.69) is 15.5 Å². The van der Waals surface area contributed by atoms with Crippen molar-refractivity contribution in [2.24, 2.45) is 0 Å². The van der Waals surface area contributed by atoms with Gasteiger partial charge in [0.1, 0.15) is 6.07 Å². The highest BCUT2D eigenvalue weighted by Gasteiger charge is 2.19. The highest BCUT2D eigenvalue weighted by molar-refractivity contribution is 8.00. The van der Waals surface area contributed by atoms with Crippen molar-refractivity contribution in [2.75, 3.05) is 5.32 Å². The van der Waals surface area contributed by atoms with Gasteiger partial charge in [0.2, 0.25) is 11.8 Å². The van der Waals surface area contributed by atoms with Gasteiger partial charge in [0.15, 0.2) is 0 Å². The average Bonchev–Trinajstić information content (AvgIpc) is 3.10. The summed E-state index contributed by atoms with van der Waals surface area (Å²) in [5.41, 5.74) is 2.76. The molecular formula is C19H15ClN4O2S. The standard InChI is InChI=1S/C19H15ClN4O2S/c1-11-5-3-4-6-15(11)18-23-24-19(26-18)27-12(2)17(25)22-14-8-7-13(10-21)16(20)9-14/h3-9,12H,1-2H3,(H,22,25)/t12-/m1/s1. The topological polar surface area (TPSA) is 91.8 Å². The van der Waals surface area contributed by atoms with E-state index in [4.69, 9.17) is 21.3 Å². The van der Waals surface area contributed by atoms with E-state index in [1.807, 2.05) is 37.3 Å². The number of halogens is 1. The molecule has 1 heterocycles. The largest absolute Gasteiger partial charge is 0.411 e. The molecule has 1 amide bonds. The second-order valence-corrected chi connectivity index (χ2v) is 7.44. The van der Waals surface area contributed by atoms with Crippen molar-refractivity contribution in [3.05, 3.63) is 58.6 Å². The second-order valence-electron chi connectivity index (χ2n) is 5.74. The van der Waals surface area contributed by atoms with E-state index in [9.17, 15) is 4.79 Å². The number of anilines is 1. The minimum absolute atomic E-state index is 0.239. The predicted molar refractivity (Wildman–Crippen MR) is 105 cm³/mol. The smallest absolute Gasteiger partial charge is 0.277 e. The van der Waals surface area contributed by atoms with E-state index < -0.39 is 5.25 Å². The lowest BCUT2D eigenvalue weighted by molar-refractivity contribution is -0.115. The molecule has 0 aliphatic rings. The second kappa shape index (κ2) is 8.25. The molecule has 27 heavy (non-hydrogen) atoms. The average molecular weight is 399 g/mol. The highest BCUT2D eigenvalue weighted by atomic mass is 35.5. The monoisotopic (exact) mass is 398 g/mol. The number of hydrogen-bond acceptors (Lipinski definition) is 6. The molecule has 0 fully saturated rings. The van der Waals surface area contributed by atoms with E-state index >= 15 is 0 Å². The summed E-state index contributed by atoms with van der Waals surface area (Å²) >= 11 is 7.15. The van der Waals surface area contributed by atoms with Crippen molar-refractivity contribution in [1.29, 1.82) is 5.26 Å². The van der Waals surface area contributed by atoms with E-state index in [-0.39, 0.29) is 10.9 Å². The summed E-state index contributed by atoms with van der Waals surface area (Å²) in [7, 11) is 0. The van der Waals surface area contributed by atoms with Crippen molar-refractivity contribution in [3.63, 3.8) is 0 Å². The number of hydrogen-bond donors (Lipinski definition) is 1. The minimum atomic E-state index is -0.468. The van der Waals surface area contributed by atoms with Crippen LogP contribution in [0.3, 0.4) is 0 Å². The molecule has 1 N–H and O–H groups in total. The SMILES string of the molecule is Cc1ccccc1-c1nnc(S[C@H](C)C(=O)Nc2ccc(C#N)c(Cl)c2)o1. The molecule has 1 atom stereocenters. The zero-order valence-electron chi connectivity index (χ0n) is 14.6. The summed E-state index contributed by atoms with van der Waals surface area (Å²) in [5, 5.41) is 19.9. The molecule has 0 unspecified atom stereocenters. The fraction of sp³-hybridized carbons (Fsp3) is 0.158. The van der Waals surface area contributed by atoms with Crippen LogP contribution < -0.4 is 5.32 Å². The van der Waals surface area contributed by atoms with Crippen LogP contribution in [0.25, 0.3) is 11.5 Å². The molecule has 0 aliphatic carbocycles. The molecule has 3 aromatic rings. The maximum Gasteiger partial charge on any atom is 0.277 e.